The largest absolute Gasteiger partial charge is 0.366 e. The van der Waals surface area contributed by atoms with Crippen molar-refractivity contribution in [3.8, 4) is 0 Å². The molecule has 0 amide bonds. The van der Waals surface area contributed by atoms with Gasteiger partial charge in [0, 0.05) is 6.54 Å². The predicted molar refractivity (Wildman–Crippen MR) is 65.6 cm³/mol. The topological polar surface area (TPSA) is 24.9 Å². The Bertz CT molecular complexity index is 532. The maximum atomic E-state index is 12.9. The number of pyridine rings is 1. The normalized spacial score (nSPS) is 10.3. The van der Waals surface area contributed by atoms with E-state index in [1.54, 1.807) is 6.07 Å². The van der Waals surface area contributed by atoms with Crippen LogP contribution in [0.4, 0.5) is 14.6 Å². The lowest BCUT2D eigenvalue weighted by Gasteiger charge is -2.06. The molecule has 0 saturated carbocycles. The van der Waals surface area contributed by atoms with Gasteiger partial charge in [-0.25, -0.2) is 13.8 Å². The van der Waals surface area contributed by atoms with Crippen LogP contribution in [0.25, 0.3) is 0 Å². The molecule has 1 heterocycles. The summed E-state index contributed by atoms with van der Waals surface area (Å²) >= 11 is 3.25. The monoisotopic (exact) mass is 298 g/mol. The molecule has 2 rings (SSSR count). The molecule has 88 valence electrons. The van der Waals surface area contributed by atoms with E-state index in [-0.39, 0.29) is 0 Å². The lowest BCUT2D eigenvalue weighted by atomic mass is 10.2. The summed E-state index contributed by atoms with van der Waals surface area (Å²) in [6.07, 6.45) is 0. The number of halogens is 3. The van der Waals surface area contributed by atoms with E-state index in [1.807, 2.05) is 12.1 Å². The van der Waals surface area contributed by atoms with Crippen LogP contribution in [0.15, 0.2) is 41.0 Å². The summed E-state index contributed by atoms with van der Waals surface area (Å²) in [5.74, 6) is -1.01. The zero-order chi connectivity index (χ0) is 12.3. The van der Waals surface area contributed by atoms with Gasteiger partial charge in [-0.3, -0.25) is 0 Å². The molecule has 0 aliphatic rings. The molecule has 0 saturated heterocycles. The lowest BCUT2D eigenvalue weighted by Crippen LogP contribution is -2.02. The third-order valence-corrected chi connectivity index (χ3v) is 2.61. The minimum absolute atomic E-state index is 0.390. The fourth-order valence-corrected chi connectivity index (χ4v) is 1.69. The minimum atomic E-state index is -0.841. The molecule has 1 aromatic heterocycles. The Morgan fingerprint density at radius 3 is 2.65 bits per heavy atom. The van der Waals surface area contributed by atoms with Crippen LogP contribution in [0.1, 0.15) is 5.56 Å². The van der Waals surface area contributed by atoms with E-state index in [0.717, 1.165) is 6.07 Å². The Labute approximate surface area is 106 Å². The van der Waals surface area contributed by atoms with Crippen molar-refractivity contribution in [2.24, 2.45) is 0 Å². The lowest BCUT2D eigenvalue weighted by molar-refractivity contribution is 0.507. The number of aromatic nitrogens is 1. The highest BCUT2D eigenvalue weighted by atomic mass is 79.9. The molecule has 5 heteroatoms. The molecule has 0 aliphatic heterocycles. The fourth-order valence-electron chi connectivity index (χ4n) is 1.35. The maximum Gasteiger partial charge on any atom is 0.159 e. The van der Waals surface area contributed by atoms with Crippen molar-refractivity contribution < 1.29 is 8.78 Å². The molecule has 2 nitrogen and oxygen atoms in total. The van der Waals surface area contributed by atoms with E-state index in [0.29, 0.717) is 22.5 Å². The predicted octanol–water partition coefficient (Wildman–Crippen LogP) is 3.73. The smallest absolute Gasteiger partial charge is 0.159 e. The van der Waals surface area contributed by atoms with Crippen LogP contribution in [0, 0.1) is 11.6 Å². The van der Waals surface area contributed by atoms with Gasteiger partial charge in [0.1, 0.15) is 10.4 Å². The first-order chi connectivity index (χ1) is 8.15. The quantitative estimate of drug-likeness (QED) is 0.873. The van der Waals surface area contributed by atoms with Crippen molar-refractivity contribution in [3.63, 3.8) is 0 Å². The van der Waals surface area contributed by atoms with Crippen LogP contribution in [0.5, 0.6) is 0 Å². The molecule has 2 aromatic rings. The zero-order valence-electron chi connectivity index (χ0n) is 8.75. The number of hydrogen-bond acceptors (Lipinski definition) is 2. The van der Waals surface area contributed by atoms with Crippen LogP contribution >= 0.6 is 15.9 Å². The molecular formula is C12H9BrF2N2. The number of anilines is 1. The summed E-state index contributed by atoms with van der Waals surface area (Å²) in [6, 6.07) is 9.25. The average Bonchev–Trinajstić information content (AvgIpc) is 2.31. The summed E-state index contributed by atoms with van der Waals surface area (Å²) in [4.78, 5) is 4.17. The van der Waals surface area contributed by atoms with E-state index in [2.05, 4.69) is 26.2 Å². The van der Waals surface area contributed by atoms with Gasteiger partial charge < -0.3 is 5.32 Å². The Morgan fingerprint density at radius 1 is 1.12 bits per heavy atom. The Balaban J connectivity index is 2.05. The van der Waals surface area contributed by atoms with Crippen molar-refractivity contribution >= 4 is 21.7 Å². The van der Waals surface area contributed by atoms with Crippen molar-refractivity contribution in [2.45, 2.75) is 6.54 Å². The van der Waals surface area contributed by atoms with E-state index >= 15 is 0 Å². The van der Waals surface area contributed by atoms with Gasteiger partial charge in [0.2, 0.25) is 0 Å². The van der Waals surface area contributed by atoms with Gasteiger partial charge in [0.05, 0.1) is 0 Å². The fraction of sp³-hybridized carbons (Fsp3) is 0.0833. The molecular weight excluding hydrogens is 290 g/mol. The van der Waals surface area contributed by atoms with E-state index in [1.165, 1.54) is 12.1 Å². The summed E-state index contributed by atoms with van der Waals surface area (Å²) < 4.78 is 26.4. The first-order valence-electron chi connectivity index (χ1n) is 4.95. The zero-order valence-corrected chi connectivity index (χ0v) is 10.3. The van der Waals surface area contributed by atoms with Gasteiger partial charge in [-0.15, -0.1) is 0 Å². The number of nitrogens with zero attached hydrogens (tertiary/aromatic N) is 1. The number of benzene rings is 1. The Morgan fingerprint density at radius 2 is 1.94 bits per heavy atom. The van der Waals surface area contributed by atoms with E-state index < -0.39 is 11.6 Å². The summed E-state index contributed by atoms with van der Waals surface area (Å²) in [5, 5.41) is 3.02. The minimum Gasteiger partial charge on any atom is -0.366 e. The van der Waals surface area contributed by atoms with E-state index in [4.69, 9.17) is 0 Å². The molecule has 1 aromatic carbocycles. The number of hydrogen-bond donors (Lipinski definition) is 1. The second-order valence-corrected chi connectivity index (χ2v) is 4.26. The van der Waals surface area contributed by atoms with Gasteiger partial charge in [-0.2, -0.15) is 0 Å². The third-order valence-electron chi connectivity index (χ3n) is 2.17. The van der Waals surface area contributed by atoms with Crippen LogP contribution in [-0.2, 0) is 6.54 Å². The first-order valence-corrected chi connectivity index (χ1v) is 5.75. The Kier molecular flexibility index (Phi) is 3.68. The second-order valence-electron chi connectivity index (χ2n) is 3.45. The molecule has 0 spiro atoms. The highest BCUT2D eigenvalue weighted by Crippen LogP contribution is 2.13. The van der Waals surface area contributed by atoms with Crippen molar-refractivity contribution in [3.05, 3.63) is 58.2 Å². The molecule has 0 radical (unpaired) electrons. The average molecular weight is 299 g/mol. The number of rotatable bonds is 3. The molecule has 1 N–H and O–H groups in total. The molecule has 17 heavy (non-hydrogen) atoms. The summed E-state index contributed by atoms with van der Waals surface area (Å²) in [7, 11) is 0. The first kappa shape index (κ1) is 12.0. The second kappa shape index (κ2) is 5.23. The molecule has 0 fully saturated rings. The van der Waals surface area contributed by atoms with Gasteiger partial charge in [-0.05, 0) is 45.8 Å². The van der Waals surface area contributed by atoms with Gasteiger partial charge in [0.15, 0.2) is 11.6 Å². The van der Waals surface area contributed by atoms with Crippen molar-refractivity contribution in [1.82, 2.24) is 4.98 Å². The van der Waals surface area contributed by atoms with Gasteiger partial charge in [0.25, 0.3) is 0 Å². The summed E-state index contributed by atoms with van der Waals surface area (Å²) in [6.45, 7) is 0.390. The third kappa shape index (κ3) is 3.23. The van der Waals surface area contributed by atoms with Gasteiger partial charge >= 0.3 is 0 Å². The van der Waals surface area contributed by atoms with Crippen LogP contribution in [0.2, 0.25) is 0 Å². The SMILES string of the molecule is Fc1ccc(CNc2cccc(Br)n2)cc1F. The molecule has 0 bridgehead atoms. The van der Waals surface area contributed by atoms with Crippen molar-refractivity contribution in [2.75, 3.05) is 5.32 Å². The van der Waals surface area contributed by atoms with E-state index in [9.17, 15) is 8.78 Å². The highest BCUT2D eigenvalue weighted by Gasteiger charge is 2.02. The Hall–Kier alpha value is -1.49. The van der Waals surface area contributed by atoms with Crippen LogP contribution in [-0.4, -0.2) is 4.98 Å². The van der Waals surface area contributed by atoms with Crippen LogP contribution < -0.4 is 5.32 Å². The standard InChI is InChI=1S/C12H9BrF2N2/c13-11-2-1-3-12(17-11)16-7-8-4-5-9(14)10(15)6-8/h1-6H,7H2,(H,16,17). The summed E-state index contributed by atoms with van der Waals surface area (Å²) in [5.41, 5.74) is 0.658. The molecule has 0 aliphatic carbocycles. The van der Waals surface area contributed by atoms with Crippen LogP contribution in [0.3, 0.4) is 0 Å². The van der Waals surface area contributed by atoms with Crippen molar-refractivity contribution in [1.29, 1.82) is 0 Å². The highest BCUT2D eigenvalue weighted by molar-refractivity contribution is 9.10. The maximum absolute atomic E-state index is 12.9. The molecule has 0 atom stereocenters. The molecule has 0 unspecified atom stereocenters. The van der Waals surface area contributed by atoms with Gasteiger partial charge in [-0.1, -0.05) is 12.1 Å². The number of nitrogens with one attached hydrogen (secondary N) is 1.